The third kappa shape index (κ3) is 4.43. The van der Waals surface area contributed by atoms with Gasteiger partial charge in [0.2, 0.25) is 0 Å². The van der Waals surface area contributed by atoms with Crippen molar-refractivity contribution in [3.05, 3.63) is 64.8 Å². The average Bonchev–Trinajstić information content (AvgIpc) is 3.48. The summed E-state index contributed by atoms with van der Waals surface area (Å²) in [6.07, 6.45) is 7.97. The van der Waals surface area contributed by atoms with E-state index in [1.165, 1.54) is 35.9 Å². The van der Waals surface area contributed by atoms with Gasteiger partial charge >= 0.3 is 0 Å². The van der Waals surface area contributed by atoms with E-state index in [2.05, 4.69) is 31.6 Å². The summed E-state index contributed by atoms with van der Waals surface area (Å²) in [6, 6.07) is 8.71. The van der Waals surface area contributed by atoms with Crippen molar-refractivity contribution in [2.45, 2.75) is 18.9 Å². The Morgan fingerprint density at radius 2 is 2.12 bits per heavy atom. The van der Waals surface area contributed by atoms with Gasteiger partial charge in [-0.05, 0) is 30.5 Å². The van der Waals surface area contributed by atoms with Gasteiger partial charge in [0, 0.05) is 31.6 Å². The molecule has 162 valence electrons. The lowest BCUT2D eigenvalue weighted by molar-refractivity contribution is 0.624. The fourth-order valence-corrected chi connectivity index (χ4v) is 4.32. The number of nitrogens with zero attached hydrogens (tertiary/aromatic N) is 5. The summed E-state index contributed by atoms with van der Waals surface area (Å²) in [6.45, 7) is 0.801. The number of nitrogens with one attached hydrogen (secondary N) is 3. The average molecular weight is 449 g/mol. The summed E-state index contributed by atoms with van der Waals surface area (Å²) < 4.78 is 13.4. The molecule has 32 heavy (non-hydrogen) atoms. The van der Waals surface area contributed by atoms with Gasteiger partial charge in [0.05, 0.1) is 18.4 Å². The smallest absolute Gasteiger partial charge is 0.189 e. The van der Waals surface area contributed by atoms with Crippen LogP contribution in [-0.2, 0) is 0 Å². The molecule has 1 aliphatic rings. The highest BCUT2D eigenvalue weighted by Gasteiger charge is 2.28. The summed E-state index contributed by atoms with van der Waals surface area (Å²) in [5, 5.41) is 23.5. The van der Waals surface area contributed by atoms with Crippen LogP contribution in [0.3, 0.4) is 0 Å². The fraction of sp³-hybridized carbons (Fsp3) is 0.227. The van der Waals surface area contributed by atoms with Gasteiger partial charge in [0.25, 0.3) is 0 Å². The van der Waals surface area contributed by atoms with Gasteiger partial charge < -0.3 is 20.9 Å². The van der Waals surface area contributed by atoms with Crippen LogP contribution in [0.1, 0.15) is 35.0 Å². The zero-order valence-corrected chi connectivity index (χ0v) is 18.2. The zero-order valence-electron chi connectivity index (χ0n) is 17.3. The van der Waals surface area contributed by atoms with Gasteiger partial charge in [0.15, 0.2) is 10.9 Å². The van der Waals surface area contributed by atoms with E-state index in [1.807, 2.05) is 0 Å². The Labute approximate surface area is 189 Å². The van der Waals surface area contributed by atoms with E-state index in [0.29, 0.717) is 32.9 Å². The minimum Gasteiger partial charge on any atom is -0.393 e. The van der Waals surface area contributed by atoms with Gasteiger partial charge in [-0.15, -0.1) is 0 Å². The molecule has 3 N–H and O–H groups in total. The lowest BCUT2D eigenvalue weighted by atomic mass is 10.0. The molecule has 4 rings (SSSR count). The van der Waals surface area contributed by atoms with Gasteiger partial charge in [-0.2, -0.15) is 5.26 Å². The summed E-state index contributed by atoms with van der Waals surface area (Å²) in [7, 11) is 1.75. The van der Waals surface area contributed by atoms with Crippen LogP contribution in [0.2, 0.25) is 0 Å². The van der Waals surface area contributed by atoms with Crippen molar-refractivity contribution in [1.29, 1.82) is 10.7 Å². The van der Waals surface area contributed by atoms with Gasteiger partial charge in [-0.25, -0.2) is 19.3 Å². The molecule has 1 unspecified atom stereocenters. The molecule has 3 aromatic rings. The molecule has 8 nitrogen and oxygen atoms in total. The standard InChI is InChI=1S/C22H21FN8S/c1-26-11-15(9-24)20-21(30-22-28-12-17(10-25)32-22)29-19(13-27-20)31-8-2-3-18(31)14-4-6-16(23)7-5-14/h4-7,9,11-13,18,24,26H,2-3,8H2,1H3,(H,28,29,30)/b15-11+,24-9?. The number of halogens is 1. The Morgan fingerprint density at radius 1 is 1.31 bits per heavy atom. The predicted molar refractivity (Wildman–Crippen MR) is 124 cm³/mol. The molecule has 2 aromatic heterocycles. The van der Waals surface area contributed by atoms with Crippen molar-refractivity contribution in [2.75, 3.05) is 23.8 Å². The Kier molecular flexibility index (Phi) is 6.37. The quantitative estimate of drug-likeness (QED) is 0.463. The zero-order chi connectivity index (χ0) is 22.5. The van der Waals surface area contributed by atoms with E-state index in [4.69, 9.17) is 15.7 Å². The highest BCUT2D eigenvalue weighted by molar-refractivity contribution is 7.16. The number of allylic oxidation sites excluding steroid dienone is 1. The van der Waals surface area contributed by atoms with Crippen molar-refractivity contribution in [3.63, 3.8) is 0 Å². The molecule has 0 spiro atoms. The normalized spacial score (nSPS) is 16.0. The molecule has 0 aliphatic carbocycles. The second-order valence-corrected chi connectivity index (χ2v) is 8.16. The van der Waals surface area contributed by atoms with E-state index < -0.39 is 0 Å². The van der Waals surface area contributed by atoms with E-state index in [1.54, 1.807) is 31.6 Å². The highest BCUT2D eigenvalue weighted by Crippen LogP contribution is 2.36. The van der Waals surface area contributed by atoms with Crippen LogP contribution in [0.25, 0.3) is 5.57 Å². The number of benzene rings is 1. The molecule has 1 saturated heterocycles. The van der Waals surface area contributed by atoms with Crippen LogP contribution in [0.5, 0.6) is 0 Å². The summed E-state index contributed by atoms with van der Waals surface area (Å²) >= 11 is 1.21. The number of aromatic nitrogens is 3. The number of rotatable bonds is 7. The van der Waals surface area contributed by atoms with E-state index in [9.17, 15) is 4.39 Å². The molecule has 1 atom stereocenters. The molecule has 0 bridgehead atoms. The van der Waals surface area contributed by atoms with Crippen LogP contribution in [0.15, 0.2) is 42.9 Å². The summed E-state index contributed by atoms with van der Waals surface area (Å²) in [5.41, 5.74) is 2.06. The molecule has 1 aromatic carbocycles. The van der Waals surface area contributed by atoms with Gasteiger partial charge in [0.1, 0.15) is 28.3 Å². The Hall–Kier alpha value is -3.84. The molecular formula is C22H21FN8S. The molecule has 1 fully saturated rings. The number of thiazole rings is 1. The second kappa shape index (κ2) is 9.53. The summed E-state index contributed by atoms with van der Waals surface area (Å²) in [5.74, 6) is 0.856. The van der Waals surface area contributed by atoms with Crippen molar-refractivity contribution < 1.29 is 4.39 Å². The first-order valence-electron chi connectivity index (χ1n) is 10.0. The molecule has 10 heteroatoms. The Morgan fingerprint density at radius 3 is 2.81 bits per heavy atom. The first-order chi connectivity index (χ1) is 15.6. The first-order valence-corrected chi connectivity index (χ1v) is 10.8. The lowest BCUT2D eigenvalue weighted by Crippen LogP contribution is -2.24. The highest BCUT2D eigenvalue weighted by atomic mass is 32.1. The molecule has 3 heterocycles. The number of hydrogen-bond acceptors (Lipinski definition) is 9. The molecular weight excluding hydrogens is 427 g/mol. The summed E-state index contributed by atoms with van der Waals surface area (Å²) in [4.78, 5) is 16.3. The van der Waals surface area contributed by atoms with Crippen LogP contribution < -0.4 is 15.5 Å². The Balaban J connectivity index is 1.72. The maximum atomic E-state index is 13.4. The molecule has 1 aliphatic heterocycles. The fourth-order valence-electron chi connectivity index (χ4n) is 3.71. The van der Waals surface area contributed by atoms with E-state index >= 15 is 0 Å². The van der Waals surface area contributed by atoms with Crippen molar-refractivity contribution in [1.82, 2.24) is 20.3 Å². The topological polar surface area (TPSA) is 114 Å². The van der Waals surface area contributed by atoms with Gasteiger partial charge in [-0.3, -0.25) is 0 Å². The van der Waals surface area contributed by atoms with E-state index in [0.717, 1.165) is 24.9 Å². The first kappa shape index (κ1) is 21.4. The van der Waals surface area contributed by atoms with Crippen LogP contribution in [-0.4, -0.2) is 34.8 Å². The minimum atomic E-state index is -0.260. The lowest BCUT2D eigenvalue weighted by Gasteiger charge is -2.26. The van der Waals surface area contributed by atoms with Crippen LogP contribution >= 0.6 is 11.3 Å². The largest absolute Gasteiger partial charge is 0.393 e. The van der Waals surface area contributed by atoms with Crippen LogP contribution in [0.4, 0.5) is 21.2 Å². The third-order valence-electron chi connectivity index (χ3n) is 5.13. The maximum Gasteiger partial charge on any atom is 0.189 e. The predicted octanol–water partition coefficient (Wildman–Crippen LogP) is 4.24. The van der Waals surface area contributed by atoms with Crippen molar-refractivity contribution in [2.24, 2.45) is 0 Å². The molecule has 0 saturated carbocycles. The maximum absolute atomic E-state index is 13.4. The molecule has 0 amide bonds. The van der Waals surface area contributed by atoms with Gasteiger partial charge in [-0.1, -0.05) is 23.5 Å². The SMILES string of the molecule is CN/C=C(\C=N)c1ncc(N2CCCC2c2ccc(F)cc2)nc1Nc1ncc(C#N)s1. The molecule has 0 radical (unpaired) electrons. The minimum absolute atomic E-state index is 0.0729. The third-order valence-corrected chi connectivity index (χ3v) is 5.95. The number of hydrogen-bond donors (Lipinski definition) is 3. The van der Waals surface area contributed by atoms with Crippen molar-refractivity contribution >= 4 is 39.9 Å². The second-order valence-electron chi connectivity index (χ2n) is 7.13. The van der Waals surface area contributed by atoms with Crippen LogP contribution in [0, 0.1) is 22.6 Å². The number of nitriles is 1. The van der Waals surface area contributed by atoms with E-state index in [-0.39, 0.29) is 11.9 Å². The van der Waals surface area contributed by atoms with Crippen molar-refractivity contribution in [3.8, 4) is 6.07 Å². The Bertz CT molecular complexity index is 1180. The number of anilines is 3. The monoisotopic (exact) mass is 448 g/mol.